The first-order valence-electron chi connectivity index (χ1n) is 11.2. The fraction of sp³-hybridized carbons (Fsp3) is 0.560. The Kier molecular flexibility index (Phi) is 6.35. The second kappa shape index (κ2) is 8.86. The van der Waals surface area contributed by atoms with E-state index in [0.717, 1.165) is 24.8 Å². The summed E-state index contributed by atoms with van der Waals surface area (Å²) in [6.07, 6.45) is 8.85. The molecule has 3 aliphatic rings. The van der Waals surface area contributed by atoms with Gasteiger partial charge in [0.2, 0.25) is 5.91 Å². The van der Waals surface area contributed by atoms with Crippen molar-refractivity contribution in [3.8, 4) is 17.0 Å². The van der Waals surface area contributed by atoms with Crippen LogP contribution in [0.15, 0.2) is 30.4 Å². The molecule has 166 valence electrons. The number of aliphatic hydroxyl groups excluding tert-OH is 1. The van der Waals surface area contributed by atoms with E-state index in [2.05, 4.69) is 11.3 Å². The van der Waals surface area contributed by atoms with Crippen LogP contribution in [-0.2, 0) is 16.6 Å². The quantitative estimate of drug-likeness (QED) is 0.495. The van der Waals surface area contributed by atoms with Gasteiger partial charge in [0.1, 0.15) is 11.4 Å². The van der Waals surface area contributed by atoms with Gasteiger partial charge >= 0.3 is 0 Å². The zero-order valence-corrected chi connectivity index (χ0v) is 18.4. The van der Waals surface area contributed by atoms with Crippen molar-refractivity contribution in [3.63, 3.8) is 0 Å². The lowest BCUT2D eigenvalue weighted by Gasteiger charge is -2.52. The Morgan fingerprint density at radius 1 is 1.26 bits per heavy atom. The monoisotopic (exact) mass is 443 g/mol. The summed E-state index contributed by atoms with van der Waals surface area (Å²) in [7, 11) is 0. The van der Waals surface area contributed by atoms with Crippen molar-refractivity contribution in [2.75, 3.05) is 13.1 Å². The number of carbonyl (C=O) groups excluding carboxylic acids is 1. The molecular formula is C25H30ClNO4. The van der Waals surface area contributed by atoms with Crippen LogP contribution in [0.5, 0.6) is 5.75 Å². The van der Waals surface area contributed by atoms with Gasteiger partial charge in [-0.1, -0.05) is 18.1 Å². The van der Waals surface area contributed by atoms with Crippen LogP contribution in [0.25, 0.3) is 0 Å². The molecule has 2 aliphatic carbocycles. The van der Waals surface area contributed by atoms with Gasteiger partial charge in [-0.3, -0.25) is 4.79 Å². The first-order chi connectivity index (χ1) is 14.8. The molecule has 0 aromatic heterocycles. The number of benzene rings is 1. The average molecular weight is 444 g/mol. The molecule has 1 amide bonds. The number of likely N-dealkylation sites (tertiary alicyclic amines) is 1. The van der Waals surface area contributed by atoms with E-state index < -0.39 is 5.60 Å². The summed E-state index contributed by atoms with van der Waals surface area (Å²) in [6.45, 7) is 1.18. The third kappa shape index (κ3) is 4.48. The third-order valence-corrected chi connectivity index (χ3v) is 7.63. The highest BCUT2D eigenvalue weighted by Crippen LogP contribution is 2.55. The second-order valence-corrected chi connectivity index (χ2v) is 9.54. The number of carbonyl (C=O) groups is 1. The van der Waals surface area contributed by atoms with Crippen molar-refractivity contribution >= 4 is 17.5 Å². The summed E-state index contributed by atoms with van der Waals surface area (Å²) in [5.41, 5.74) is 1.09. The Hall–Kier alpha value is -2.00. The molecule has 3 atom stereocenters. The fourth-order valence-electron chi connectivity index (χ4n) is 5.82. The highest BCUT2D eigenvalue weighted by atomic mass is 35.5. The van der Waals surface area contributed by atoms with Crippen molar-refractivity contribution in [3.05, 3.63) is 41.5 Å². The number of phenols is 1. The molecule has 1 saturated heterocycles. The number of allylic oxidation sites excluding steroid dienone is 1. The van der Waals surface area contributed by atoms with Crippen LogP contribution in [0.2, 0.25) is 0 Å². The van der Waals surface area contributed by atoms with Crippen molar-refractivity contribution in [2.45, 2.75) is 68.5 Å². The number of aryl methyl sites for hydroxylation is 1. The van der Waals surface area contributed by atoms with Gasteiger partial charge in [-0.25, -0.2) is 0 Å². The molecule has 5 nitrogen and oxygen atoms in total. The van der Waals surface area contributed by atoms with Crippen LogP contribution < -0.4 is 0 Å². The highest BCUT2D eigenvalue weighted by molar-refractivity contribution is 6.30. The van der Waals surface area contributed by atoms with E-state index in [9.17, 15) is 20.1 Å². The number of hydrogen-bond acceptors (Lipinski definition) is 4. The maximum absolute atomic E-state index is 12.6. The molecule has 2 fully saturated rings. The molecule has 0 unspecified atom stereocenters. The number of aliphatic hydroxyl groups is 2. The Morgan fingerprint density at radius 2 is 2.03 bits per heavy atom. The number of fused-ring (bicyclic) bond motifs is 3. The number of phenolic OH excluding ortho intramolecular Hbond substituents is 1. The summed E-state index contributed by atoms with van der Waals surface area (Å²) in [5.74, 6) is 3.27. The van der Waals surface area contributed by atoms with Gasteiger partial charge in [0.25, 0.3) is 0 Å². The molecule has 1 heterocycles. The van der Waals surface area contributed by atoms with Crippen LogP contribution in [0.1, 0.15) is 56.1 Å². The second-order valence-electron chi connectivity index (χ2n) is 9.35. The number of rotatable bonds is 3. The van der Waals surface area contributed by atoms with E-state index in [-0.39, 0.29) is 29.1 Å². The smallest absolute Gasteiger partial charge is 0.246 e. The molecule has 0 bridgehead atoms. The van der Waals surface area contributed by atoms with Gasteiger partial charge in [-0.15, -0.1) is 0 Å². The molecule has 31 heavy (non-hydrogen) atoms. The minimum atomic E-state index is -1.07. The summed E-state index contributed by atoms with van der Waals surface area (Å²) >= 11 is 5.62. The number of halogens is 1. The SMILES string of the molecule is O=C(C=CC[C@]12CC[C@@](O)(C#CCl)C[C@@H]1CCc1cc(O)ccc12)N1CCC(O)CC1. The zero-order chi connectivity index (χ0) is 22.1. The van der Waals surface area contributed by atoms with E-state index >= 15 is 0 Å². The van der Waals surface area contributed by atoms with Gasteiger partial charge in [0.15, 0.2) is 0 Å². The fourth-order valence-corrected chi connectivity index (χ4v) is 5.99. The molecule has 0 radical (unpaired) electrons. The van der Waals surface area contributed by atoms with Crippen molar-refractivity contribution in [2.24, 2.45) is 5.92 Å². The predicted octanol–water partition coefficient (Wildman–Crippen LogP) is 3.24. The molecule has 3 N–H and O–H groups in total. The number of amides is 1. The normalized spacial score (nSPS) is 30.9. The molecule has 1 saturated carbocycles. The van der Waals surface area contributed by atoms with E-state index in [1.165, 1.54) is 5.56 Å². The van der Waals surface area contributed by atoms with Crippen molar-refractivity contribution < 1.29 is 20.1 Å². The van der Waals surface area contributed by atoms with E-state index in [1.807, 2.05) is 18.2 Å². The lowest BCUT2D eigenvalue weighted by atomic mass is 9.53. The lowest BCUT2D eigenvalue weighted by Crippen LogP contribution is -2.49. The van der Waals surface area contributed by atoms with Crippen LogP contribution in [0.3, 0.4) is 0 Å². The maximum atomic E-state index is 12.6. The summed E-state index contributed by atoms with van der Waals surface area (Å²) in [6, 6.07) is 5.59. The first-order valence-corrected chi connectivity index (χ1v) is 11.5. The highest BCUT2D eigenvalue weighted by Gasteiger charge is 2.50. The zero-order valence-electron chi connectivity index (χ0n) is 17.7. The Bertz CT molecular complexity index is 927. The van der Waals surface area contributed by atoms with Crippen molar-refractivity contribution in [1.29, 1.82) is 0 Å². The summed E-state index contributed by atoms with van der Waals surface area (Å²) in [5, 5.41) is 32.9. The Labute approximate surface area is 188 Å². The van der Waals surface area contributed by atoms with E-state index in [1.54, 1.807) is 17.0 Å². The molecule has 1 aromatic carbocycles. The summed E-state index contributed by atoms with van der Waals surface area (Å²) in [4.78, 5) is 14.4. The number of nitrogens with zero attached hydrogens (tertiary/aromatic N) is 1. The number of piperidine rings is 1. The van der Waals surface area contributed by atoms with Gasteiger partial charge in [0.05, 0.1) is 6.10 Å². The third-order valence-electron chi connectivity index (χ3n) is 7.54. The molecule has 1 aliphatic heterocycles. The molecule has 1 aromatic rings. The van der Waals surface area contributed by atoms with E-state index in [4.69, 9.17) is 11.6 Å². The van der Waals surface area contributed by atoms with Crippen LogP contribution in [0, 0.1) is 17.2 Å². The summed E-state index contributed by atoms with van der Waals surface area (Å²) < 4.78 is 0. The first kappa shape index (κ1) is 22.2. The molecular weight excluding hydrogens is 414 g/mol. The van der Waals surface area contributed by atoms with Gasteiger partial charge < -0.3 is 20.2 Å². The topological polar surface area (TPSA) is 81.0 Å². The van der Waals surface area contributed by atoms with Gasteiger partial charge in [-0.05, 0) is 98.2 Å². The number of aromatic hydroxyl groups is 1. The van der Waals surface area contributed by atoms with Gasteiger partial charge in [-0.2, -0.15) is 0 Å². The van der Waals surface area contributed by atoms with Crippen molar-refractivity contribution in [1.82, 2.24) is 4.90 Å². The maximum Gasteiger partial charge on any atom is 0.246 e. The average Bonchev–Trinajstić information content (AvgIpc) is 2.74. The minimum Gasteiger partial charge on any atom is -0.508 e. The Balaban J connectivity index is 1.58. The predicted molar refractivity (Wildman–Crippen MR) is 120 cm³/mol. The lowest BCUT2D eigenvalue weighted by molar-refractivity contribution is -0.127. The largest absolute Gasteiger partial charge is 0.508 e. The van der Waals surface area contributed by atoms with Crippen LogP contribution in [-0.4, -0.2) is 50.9 Å². The molecule has 0 spiro atoms. The molecule has 4 rings (SSSR count). The minimum absolute atomic E-state index is 0.0121. The Morgan fingerprint density at radius 3 is 2.77 bits per heavy atom. The van der Waals surface area contributed by atoms with Crippen LogP contribution in [0.4, 0.5) is 0 Å². The standard InChI is InChI=1S/C25H30ClNO4/c26-13-12-24(31)10-11-25(9-1-2-23(30)27-14-7-20(28)8-15-27)19(17-24)4-3-18-16-21(29)5-6-22(18)25/h1-2,5-6,16,19-20,28-29,31H,3-4,7-11,14-15,17H2/t19-,24+,25-/m0/s1. The molecule has 6 heteroatoms. The van der Waals surface area contributed by atoms with E-state index in [0.29, 0.717) is 45.2 Å². The number of hydrogen-bond donors (Lipinski definition) is 3. The van der Waals surface area contributed by atoms with Crippen LogP contribution >= 0.6 is 11.6 Å². The van der Waals surface area contributed by atoms with Gasteiger partial charge in [0, 0.05) is 23.9 Å².